The molecule has 1 amide bonds. The highest BCUT2D eigenvalue weighted by Crippen LogP contribution is 2.26. The largest absolute Gasteiger partial charge is 0.350 e. The fourth-order valence-corrected chi connectivity index (χ4v) is 2.79. The van der Waals surface area contributed by atoms with E-state index in [0.717, 1.165) is 18.7 Å². The molecule has 0 aliphatic carbocycles. The van der Waals surface area contributed by atoms with Crippen molar-refractivity contribution in [2.75, 3.05) is 38.5 Å². The molecule has 0 spiro atoms. The zero-order valence-electron chi connectivity index (χ0n) is 14.6. The summed E-state index contributed by atoms with van der Waals surface area (Å²) in [7, 11) is 2.00. The van der Waals surface area contributed by atoms with Crippen LogP contribution in [-0.2, 0) is 11.2 Å². The third kappa shape index (κ3) is 4.36. The lowest BCUT2D eigenvalue weighted by atomic mass is 10.1. The summed E-state index contributed by atoms with van der Waals surface area (Å²) in [4.78, 5) is 18.8. The number of rotatable bonds is 4. The van der Waals surface area contributed by atoms with Gasteiger partial charge in [-0.1, -0.05) is 12.1 Å². The molecule has 0 radical (unpaired) electrons. The fraction of sp³-hybridized carbons (Fsp3) is 0.333. The lowest BCUT2D eigenvalue weighted by Crippen LogP contribution is -2.47. The molecule has 1 aliphatic rings. The number of amides is 1. The van der Waals surface area contributed by atoms with E-state index in [0.29, 0.717) is 13.1 Å². The van der Waals surface area contributed by atoms with Gasteiger partial charge in [-0.3, -0.25) is 4.79 Å². The molecule has 144 valence electrons. The molecular weight excluding hydrogens is 364 g/mol. The van der Waals surface area contributed by atoms with E-state index in [-0.39, 0.29) is 18.0 Å². The zero-order valence-corrected chi connectivity index (χ0v) is 14.6. The molecule has 3 rings (SSSR count). The molecule has 1 saturated heterocycles. The van der Waals surface area contributed by atoms with Crippen LogP contribution in [0, 0.1) is 23.5 Å². The monoisotopic (exact) mass is 382 g/mol. The Morgan fingerprint density at radius 3 is 2.11 bits per heavy atom. The number of pyridine rings is 1. The number of piperazine rings is 1. The number of carbonyl (C=O) groups excluding carboxylic acids is 1. The number of halogens is 4. The lowest BCUT2D eigenvalue weighted by Gasteiger charge is -2.32. The number of hydrogen-bond donors (Lipinski definition) is 1. The molecule has 2 aromatic rings. The van der Waals surface area contributed by atoms with Crippen molar-refractivity contribution < 1.29 is 22.4 Å². The number of nitrogens with zero attached hydrogens (tertiary/aromatic N) is 3. The zero-order chi connectivity index (χ0) is 19.6. The molecule has 1 aromatic carbocycles. The Morgan fingerprint density at radius 1 is 1.00 bits per heavy atom. The second-order valence-electron chi connectivity index (χ2n) is 6.38. The van der Waals surface area contributed by atoms with Crippen LogP contribution < -0.4 is 5.32 Å². The van der Waals surface area contributed by atoms with Crippen molar-refractivity contribution in [1.82, 2.24) is 14.8 Å². The maximum Gasteiger partial charge on any atom is 0.253 e. The van der Waals surface area contributed by atoms with E-state index in [1.54, 1.807) is 17.0 Å². The molecule has 1 aliphatic heterocycles. The molecule has 0 atom stereocenters. The first-order chi connectivity index (χ1) is 12.8. The van der Waals surface area contributed by atoms with Gasteiger partial charge in [0.15, 0.2) is 0 Å². The van der Waals surface area contributed by atoms with Crippen molar-refractivity contribution in [3.8, 4) is 0 Å². The standard InChI is InChI=1S/C18H18F4N4O/c1-25-6-8-26(9-7-25)13(27)10-11-2-4-12(5-3-11)23-16-14(19)17(21)24-18(22)15(16)20/h2-5H,6-10H2,1H3,(H,23,24). The first-order valence-electron chi connectivity index (χ1n) is 8.37. The Kier molecular flexibility index (Phi) is 5.59. The summed E-state index contributed by atoms with van der Waals surface area (Å²) >= 11 is 0. The first-order valence-corrected chi connectivity index (χ1v) is 8.37. The van der Waals surface area contributed by atoms with Gasteiger partial charge in [0.05, 0.1) is 6.42 Å². The molecule has 1 aromatic heterocycles. The minimum Gasteiger partial charge on any atom is -0.350 e. The highest BCUT2D eigenvalue weighted by molar-refractivity contribution is 5.79. The van der Waals surface area contributed by atoms with E-state index >= 15 is 0 Å². The number of aromatic nitrogens is 1. The Hall–Kier alpha value is -2.68. The number of carbonyl (C=O) groups is 1. The van der Waals surface area contributed by atoms with Crippen molar-refractivity contribution in [3.63, 3.8) is 0 Å². The minimum atomic E-state index is -1.73. The molecule has 5 nitrogen and oxygen atoms in total. The lowest BCUT2D eigenvalue weighted by molar-refractivity contribution is -0.132. The Bertz CT molecular complexity index is 810. The third-order valence-electron chi connectivity index (χ3n) is 4.43. The van der Waals surface area contributed by atoms with Crippen molar-refractivity contribution in [3.05, 3.63) is 53.4 Å². The topological polar surface area (TPSA) is 48.5 Å². The van der Waals surface area contributed by atoms with Gasteiger partial charge in [0.25, 0.3) is 11.9 Å². The van der Waals surface area contributed by atoms with E-state index in [2.05, 4.69) is 15.2 Å². The van der Waals surface area contributed by atoms with Crippen molar-refractivity contribution in [2.45, 2.75) is 6.42 Å². The van der Waals surface area contributed by atoms with Crippen LogP contribution in [-0.4, -0.2) is 53.9 Å². The molecule has 2 heterocycles. The summed E-state index contributed by atoms with van der Waals surface area (Å²) in [6, 6.07) is 6.17. The number of likely N-dealkylation sites (N-methyl/N-ethyl adjacent to an activating group) is 1. The van der Waals surface area contributed by atoms with E-state index < -0.39 is 29.2 Å². The number of benzene rings is 1. The van der Waals surface area contributed by atoms with Gasteiger partial charge in [-0.25, -0.2) is 0 Å². The second kappa shape index (κ2) is 7.91. The third-order valence-corrected chi connectivity index (χ3v) is 4.43. The average molecular weight is 382 g/mol. The van der Waals surface area contributed by atoms with Crippen molar-refractivity contribution in [1.29, 1.82) is 0 Å². The van der Waals surface area contributed by atoms with E-state index in [9.17, 15) is 22.4 Å². The van der Waals surface area contributed by atoms with Gasteiger partial charge in [-0.05, 0) is 24.7 Å². The van der Waals surface area contributed by atoms with Crippen LogP contribution in [0.4, 0.5) is 28.9 Å². The second-order valence-corrected chi connectivity index (χ2v) is 6.38. The van der Waals surface area contributed by atoms with Crippen LogP contribution >= 0.6 is 0 Å². The van der Waals surface area contributed by atoms with Gasteiger partial charge in [0.2, 0.25) is 17.5 Å². The summed E-state index contributed by atoms with van der Waals surface area (Å²) in [5.41, 5.74) is -0.0210. The Balaban J connectivity index is 1.67. The van der Waals surface area contributed by atoms with Crippen LogP contribution in [0.5, 0.6) is 0 Å². The molecule has 0 bridgehead atoms. The van der Waals surface area contributed by atoms with E-state index in [1.165, 1.54) is 12.1 Å². The summed E-state index contributed by atoms with van der Waals surface area (Å²) in [6.07, 6.45) is 0.200. The van der Waals surface area contributed by atoms with Gasteiger partial charge in [-0.2, -0.15) is 22.5 Å². The highest BCUT2D eigenvalue weighted by Gasteiger charge is 2.21. The Morgan fingerprint density at radius 2 is 1.56 bits per heavy atom. The van der Waals surface area contributed by atoms with Gasteiger partial charge >= 0.3 is 0 Å². The maximum absolute atomic E-state index is 13.7. The van der Waals surface area contributed by atoms with Crippen LogP contribution in [0.2, 0.25) is 0 Å². The van der Waals surface area contributed by atoms with E-state index in [4.69, 9.17) is 0 Å². The van der Waals surface area contributed by atoms with Gasteiger partial charge in [0, 0.05) is 31.9 Å². The number of nitrogens with one attached hydrogen (secondary N) is 1. The molecular formula is C18H18F4N4O. The maximum atomic E-state index is 13.7. The molecule has 1 fully saturated rings. The van der Waals surface area contributed by atoms with Crippen LogP contribution in [0.15, 0.2) is 24.3 Å². The summed E-state index contributed by atoms with van der Waals surface area (Å²) in [5, 5.41) is 2.30. The molecule has 0 unspecified atom stereocenters. The number of hydrogen-bond acceptors (Lipinski definition) is 4. The smallest absolute Gasteiger partial charge is 0.253 e. The van der Waals surface area contributed by atoms with Crippen molar-refractivity contribution >= 4 is 17.3 Å². The van der Waals surface area contributed by atoms with Gasteiger partial charge in [0.1, 0.15) is 5.69 Å². The van der Waals surface area contributed by atoms with Gasteiger partial charge < -0.3 is 15.1 Å². The fourth-order valence-electron chi connectivity index (χ4n) is 2.79. The summed E-state index contributed by atoms with van der Waals surface area (Å²) in [5.74, 6) is -6.68. The van der Waals surface area contributed by atoms with Crippen LogP contribution in [0.25, 0.3) is 0 Å². The van der Waals surface area contributed by atoms with Crippen molar-refractivity contribution in [2.24, 2.45) is 0 Å². The predicted molar refractivity (Wildman–Crippen MR) is 91.6 cm³/mol. The molecule has 1 N–H and O–H groups in total. The number of anilines is 2. The van der Waals surface area contributed by atoms with Crippen LogP contribution in [0.1, 0.15) is 5.56 Å². The summed E-state index contributed by atoms with van der Waals surface area (Å²) in [6.45, 7) is 2.99. The first kappa shape index (κ1) is 19.1. The predicted octanol–water partition coefficient (Wildman–Crippen LogP) is 2.70. The normalized spacial score (nSPS) is 15.1. The molecule has 0 saturated carbocycles. The Labute approximate surface area is 153 Å². The molecule has 27 heavy (non-hydrogen) atoms. The van der Waals surface area contributed by atoms with Gasteiger partial charge in [-0.15, -0.1) is 0 Å². The van der Waals surface area contributed by atoms with E-state index in [1.807, 2.05) is 7.05 Å². The summed E-state index contributed by atoms with van der Waals surface area (Å²) < 4.78 is 53.6. The molecule has 9 heteroatoms. The van der Waals surface area contributed by atoms with Crippen LogP contribution in [0.3, 0.4) is 0 Å². The highest BCUT2D eigenvalue weighted by atomic mass is 19.2. The average Bonchev–Trinajstić information content (AvgIpc) is 2.65. The SMILES string of the molecule is CN1CCN(C(=O)Cc2ccc(Nc3c(F)c(F)nc(F)c3F)cc2)CC1. The minimum absolute atomic E-state index is 0.000765. The quantitative estimate of drug-likeness (QED) is 0.653.